The maximum Gasteiger partial charge on any atom is 0.293 e. The van der Waals surface area contributed by atoms with Crippen LogP contribution >= 0.6 is 35.0 Å². The smallest absolute Gasteiger partial charge is 0.293 e. The van der Waals surface area contributed by atoms with E-state index in [0.717, 1.165) is 39.5 Å². The van der Waals surface area contributed by atoms with Gasteiger partial charge in [0.15, 0.2) is 5.78 Å². The van der Waals surface area contributed by atoms with E-state index in [1.54, 1.807) is 42.5 Å². The molecule has 1 saturated heterocycles. The SMILES string of the molecule is CCc1cccc2c(/C=C3\SC(=O)N(CC(=O)c4ccc(Cl)cc4)C3=O)cn(Cc3c(F)cccc3Cl)c12. The molecule has 0 N–H and O–H groups in total. The summed E-state index contributed by atoms with van der Waals surface area (Å²) >= 11 is 13.0. The molecule has 2 amide bonds. The summed E-state index contributed by atoms with van der Waals surface area (Å²) in [6, 6.07) is 16.7. The number of thioether (sulfide) groups is 1. The number of hydrogen-bond donors (Lipinski definition) is 0. The predicted octanol–water partition coefficient (Wildman–Crippen LogP) is 7.62. The first-order valence-electron chi connectivity index (χ1n) is 11.8. The number of halogens is 3. The highest BCUT2D eigenvalue weighted by Crippen LogP contribution is 2.35. The van der Waals surface area contributed by atoms with Crippen molar-refractivity contribution in [2.75, 3.05) is 6.54 Å². The topological polar surface area (TPSA) is 59.4 Å². The molecule has 0 saturated carbocycles. The van der Waals surface area contributed by atoms with Crippen molar-refractivity contribution in [2.45, 2.75) is 19.9 Å². The van der Waals surface area contributed by atoms with Gasteiger partial charge in [-0.1, -0.05) is 54.4 Å². The van der Waals surface area contributed by atoms with Gasteiger partial charge >= 0.3 is 0 Å². The van der Waals surface area contributed by atoms with Crippen LogP contribution in [-0.2, 0) is 17.8 Å². The summed E-state index contributed by atoms with van der Waals surface area (Å²) < 4.78 is 16.5. The van der Waals surface area contributed by atoms with Crippen LogP contribution in [0.2, 0.25) is 10.0 Å². The number of imide groups is 1. The van der Waals surface area contributed by atoms with Crippen molar-refractivity contribution < 1.29 is 18.8 Å². The third kappa shape index (κ3) is 5.01. The quantitative estimate of drug-likeness (QED) is 0.170. The predicted molar refractivity (Wildman–Crippen MR) is 150 cm³/mol. The number of rotatable bonds is 7. The van der Waals surface area contributed by atoms with Gasteiger partial charge in [-0.25, -0.2) is 4.39 Å². The summed E-state index contributed by atoms with van der Waals surface area (Å²) in [6.45, 7) is 1.87. The van der Waals surface area contributed by atoms with E-state index < -0.39 is 17.0 Å². The van der Waals surface area contributed by atoms with Gasteiger partial charge in [0.1, 0.15) is 5.82 Å². The molecule has 3 aromatic carbocycles. The standard InChI is InChI=1S/C29H21Cl2FN2O3S/c1-2-17-5-3-6-21-19(14-33(27(17)21)15-22-23(31)7-4-8-24(22)32)13-26-28(36)34(29(37)38-26)16-25(35)18-9-11-20(30)12-10-18/h3-14H,2,15-16H2,1H3/b26-13-. The summed E-state index contributed by atoms with van der Waals surface area (Å²) in [4.78, 5) is 39.7. The average Bonchev–Trinajstić information content (AvgIpc) is 3.38. The second-order valence-corrected chi connectivity index (χ2v) is 10.6. The number of aryl methyl sites for hydroxylation is 1. The molecule has 1 aromatic heterocycles. The number of hydrogen-bond acceptors (Lipinski definition) is 4. The van der Waals surface area contributed by atoms with Crippen LogP contribution in [0.3, 0.4) is 0 Å². The number of Topliss-reactive ketones (excluding diaryl/α,β-unsaturated/α-hetero) is 1. The van der Waals surface area contributed by atoms with Crippen molar-refractivity contribution in [3.63, 3.8) is 0 Å². The highest BCUT2D eigenvalue weighted by Gasteiger charge is 2.36. The Hall–Kier alpha value is -3.39. The van der Waals surface area contributed by atoms with Crippen LogP contribution in [-0.4, -0.2) is 32.9 Å². The number of aromatic nitrogens is 1. The van der Waals surface area contributed by atoms with Gasteiger partial charge in [0, 0.05) is 38.3 Å². The number of carbonyl (C=O) groups is 3. The summed E-state index contributed by atoms with van der Waals surface area (Å²) in [7, 11) is 0. The third-order valence-corrected chi connectivity index (χ3v) is 7.93. The van der Waals surface area contributed by atoms with Gasteiger partial charge in [-0.15, -0.1) is 0 Å². The zero-order chi connectivity index (χ0) is 27.0. The Balaban J connectivity index is 1.49. The molecule has 2 heterocycles. The van der Waals surface area contributed by atoms with Crippen LogP contribution in [0.15, 0.2) is 71.8 Å². The molecule has 5 nitrogen and oxygen atoms in total. The van der Waals surface area contributed by atoms with Gasteiger partial charge in [0.25, 0.3) is 11.1 Å². The number of fused-ring (bicyclic) bond motifs is 1. The Morgan fingerprint density at radius 3 is 2.47 bits per heavy atom. The molecule has 9 heteroatoms. The van der Waals surface area contributed by atoms with E-state index in [0.29, 0.717) is 26.7 Å². The first-order chi connectivity index (χ1) is 18.3. The molecule has 0 atom stereocenters. The van der Waals surface area contributed by atoms with Gasteiger partial charge in [-0.05, 0) is 66.2 Å². The molecule has 0 unspecified atom stereocenters. The Morgan fingerprint density at radius 2 is 1.76 bits per heavy atom. The highest BCUT2D eigenvalue weighted by molar-refractivity contribution is 8.18. The van der Waals surface area contributed by atoms with E-state index in [-0.39, 0.29) is 23.8 Å². The normalized spacial score (nSPS) is 14.7. The lowest BCUT2D eigenvalue weighted by atomic mass is 10.1. The van der Waals surface area contributed by atoms with Crippen LogP contribution < -0.4 is 0 Å². The van der Waals surface area contributed by atoms with E-state index in [4.69, 9.17) is 23.2 Å². The van der Waals surface area contributed by atoms with Crippen molar-refractivity contribution in [1.82, 2.24) is 9.47 Å². The lowest BCUT2D eigenvalue weighted by Gasteiger charge is -2.11. The van der Waals surface area contributed by atoms with Crippen molar-refractivity contribution >= 4 is 68.9 Å². The molecule has 0 aliphatic carbocycles. The largest absolute Gasteiger partial charge is 0.342 e. The molecule has 38 heavy (non-hydrogen) atoms. The molecule has 0 radical (unpaired) electrons. The Bertz CT molecular complexity index is 1610. The number of nitrogens with zero attached hydrogens (tertiary/aromatic N) is 2. The van der Waals surface area contributed by atoms with Crippen molar-refractivity contribution in [1.29, 1.82) is 0 Å². The maximum atomic E-state index is 14.6. The second kappa shape index (κ2) is 10.8. The van der Waals surface area contributed by atoms with Crippen molar-refractivity contribution in [3.8, 4) is 0 Å². The molecule has 1 aliphatic heterocycles. The van der Waals surface area contributed by atoms with Crippen LogP contribution in [0.25, 0.3) is 17.0 Å². The van der Waals surface area contributed by atoms with Gasteiger partial charge in [-0.3, -0.25) is 19.3 Å². The molecule has 1 fully saturated rings. The summed E-state index contributed by atoms with van der Waals surface area (Å²) in [6.07, 6.45) is 4.23. The molecule has 4 aromatic rings. The summed E-state index contributed by atoms with van der Waals surface area (Å²) in [5.41, 5.74) is 3.38. The van der Waals surface area contributed by atoms with E-state index in [1.807, 2.05) is 35.9 Å². The summed E-state index contributed by atoms with van der Waals surface area (Å²) in [5, 5.41) is 1.16. The second-order valence-electron chi connectivity index (χ2n) is 8.78. The fourth-order valence-electron chi connectivity index (χ4n) is 4.49. The van der Waals surface area contributed by atoms with E-state index >= 15 is 0 Å². The number of benzene rings is 3. The fraction of sp³-hybridized carbons (Fsp3) is 0.138. The average molecular weight is 567 g/mol. The third-order valence-electron chi connectivity index (χ3n) is 6.41. The number of carbonyl (C=O) groups excluding carboxylic acids is 3. The maximum absolute atomic E-state index is 14.6. The molecule has 5 rings (SSSR count). The Morgan fingerprint density at radius 1 is 1.03 bits per heavy atom. The minimum Gasteiger partial charge on any atom is -0.342 e. The fourth-order valence-corrected chi connectivity index (χ4v) is 5.67. The lowest BCUT2D eigenvalue weighted by Crippen LogP contribution is -2.33. The van der Waals surface area contributed by atoms with Crippen molar-refractivity contribution in [2.24, 2.45) is 0 Å². The zero-order valence-corrected chi connectivity index (χ0v) is 22.5. The van der Waals surface area contributed by atoms with Gasteiger partial charge in [0.2, 0.25) is 0 Å². The lowest BCUT2D eigenvalue weighted by molar-refractivity contribution is -0.122. The Kier molecular flexibility index (Phi) is 7.43. The molecule has 0 spiro atoms. The van der Waals surface area contributed by atoms with Gasteiger partial charge < -0.3 is 4.57 Å². The Labute approximate surface area is 232 Å². The van der Waals surface area contributed by atoms with Crippen molar-refractivity contribution in [3.05, 3.63) is 110 Å². The molecular weight excluding hydrogens is 546 g/mol. The first kappa shape index (κ1) is 26.2. The molecule has 192 valence electrons. The van der Waals surface area contributed by atoms with Gasteiger partial charge in [-0.2, -0.15) is 0 Å². The molecule has 1 aliphatic rings. The van der Waals surface area contributed by atoms with Crippen LogP contribution in [0.5, 0.6) is 0 Å². The number of amides is 2. The van der Waals surface area contributed by atoms with E-state index in [2.05, 4.69) is 0 Å². The first-order valence-corrected chi connectivity index (χ1v) is 13.4. The number of ketones is 1. The zero-order valence-electron chi connectivity index (χ0n) is 20.2. The highest BCUT2D eigenvalue weighted by atomic mass is 35.5. The van der Waals surface area contributed by atoms with E-state index in [1.165, 1.54) is 6.07 Å². The van der Waals surface area contributed by atoms with Gasteiger partial charge in [0.05, 0.1) is 23.5 Å². The van der Waals surface area contributed by atoms with Crippen LogP contribution in [0.4, 0.5) is 9.18 Å². The van der Waals surface area contributed by atoms with Crippen LogP contribution in [0, 0.1) is 5.82 Å². The minimum atomic E-state index is -0.535. The summed E-state index contributed by atoms with van der Waals surface area (Å²) in [5.74, 6) is -1.30. The molecule has 0 bridgehead atoms. The van der Waals surface area contributed by atoms with Crippen LogP contribution in [0.1, 0.15) is 34.0 Å². The molecular formula is C29H21Cl2FN2O3S. The monoisotopic (exact) mass is 566 g/mol. The number of para-hydroxylation sites is 1. The van der Waals surface area contributed by atoms with E-state index in [9.17, 15) is 18.8 Å². The minimum absolute atomic E-state index is 0.198.